The number of hydrazone groups is 1. The van der Waals surface area contributed by atoms with Crippen LogP contribution >= 0.6 is 23.2 Å². The molecule has 5 unspecified atom stereocenters. The van der Waals surface area contributed by atoms with Crippen LogP contribution in [0.25, 0.3) is 0 Å². The zero-order valence-electron chi connectivity index (χ0n) is 45.0. The van der Waals surface area contributed by atoms with E-state index in [1.165, 1.54) is 50.6 Å². The van der Waals surface area contributed by atoms with Gasteiger partial charge < -0.3 is 40.6 Å². The largest absolute Gasteiger partial charge is 0.497 e. The predicted octanol–water partition coefficient (Wildman–Crippen LogP) is 11.0. The Kier molecular flexibility index (Phi) is 21.8. The minimum Gasteiger partial charge on any atom is -0.497 e. The average molecular weight is 1090 g/mol. The SMILES string of the molecule is CCN1/C(=C\C=N\NC(=O)c2ccc(C(=O)OC)cc2)C(C)(Cc2ccccc2Cl)c2cc(OC)ccc21.CCN1/C(=C\C=O)C(C)(Cc2ccccc2Cl)C2CC(OC)CCC21.COC(=O)c1ccc(C(N)=O)cc1.N. The number of amides is 2. The molecule has 0 aromatic heterocycles. The minimum atomic E-state index is -0.517. The lowest BCUT2D eigenvalue weighted by atomic mass is 9.66. The molecule has 5 aromatic carbocycles. The third kappa shape index (κ3) is 13.8. The lowest BCUT2D eigenvalue weighted by Crippen LogP contribution is -2.40. The number of ether oxygens (including phenoxy) is 4. The number of allylic oxidation sites excluding steroid dienone is 4. The smallest absolute Gasteiger partial charge is 0.337 e. The maximum absolute atomic E-state index is 12.6. The van der Waals surface area contributed by atoms with E-state index in [0.29, 0.717) is 51.8 Å². The van der Waals surface area contributed by atoms with Crippen molar-refractivity contribution in [1.29, 1.82) is 0 Å². The Balaban J connectivity index is 0.000000239. The molecule has 0 bridgehead atoms. The fraction of sp³-hybridized carbons (Fsp3) is 0.333. The first-order chi connectivity index (χ1) is 36.5. The highest BCUT2D eigenvalue weighted by molar-refractivity contribution is 6.31. The molecule has 15 nitrogen and oxygen atoms in total. The van der Waals surface area contributed by atoms with Crippen LogP contribution in [0.1, 0.15) is 105 Å². The summed E-state index contributed by atoms with van der Waals surface area (Å²) in [7, 11) is 6.08. The van der Waals surface area contributed by atoms with Crippen molar-refractivity contribution in [3.63, 3.8) is 0 Å². The van der Waals surface area contributed by atoms with Crippen molar-refractivity contribution in [2.75, 3.05) is 46.4 Å². The maximum Gasteiger partial charge on any atom is 0.337 e. The number of likely N-dealkylation sites (tertiary alicyclic amines) is 1. The van der Waals surface area contributed by atoms with Crippen LogP contribution in [0.3, 0.4) is 0 Å². The summed E-state index contributed by atoms with van der Waals surface area (Å²) in [4.78, 5) is 61.9. The molecule has 1 saturated heterocycles. The molecule has 0 radical (unpaired) electrons. The average Bonchev–Trinajstić information content (AvgIpc) is 3.95. The number of rotatable bonds is 15. The molecule has 5 atom stereocenters. The maximum atomic E-state index is 12.6. The van der Waals surface area contributed by atoms with Gasteiger partial charge in [0, 0.05) is 81.5 Å². The Morgan fingerprint density at radius 2 is 1.29 bits per heavy atom. The van der Waals surface area contributed by atoms with Crippen molar-refractivity contribution < 1.29 is 42.9 Å². The molecule has 8 rings (SSSR count). The van der Waals surface area contributed by atoms with Gasteiger partial charge in [-0.25, -0.2) is 15.0 Å². The summed E-state index contributed by atoms with van der Waals surface area (Å²) in [6, 6.07) is 34.6. The first-order valence-electron chi connectivity index (χ1n) is 25.1. The van der Waals surface area contributed by atoms with E-state index in [1.807, 2.05) is 61.7 Å². The molecule has 0 spiro atoms. The second kappa shape index (κ2) is 27.7. The van der Waals surface area contributed by atoms with Crippen molar-refractivity contribution in [2.45, 2.75) is 77.4 Å². The topological polar surface area (TPSA) is 214 Å². The van der Waals surface area contributed by atoms with Crippen molar-refractivity contribution in [3.8, 4) is 5.75 Å². The van der Waals surface area contributed by atoms with Crippen molar-refractivity contribution in [2.24, 2.45) is 22.2 Å². The van der Waals surface area contributed by atoms with E-state index < -0.39 is 23.3 Å². The van der Waals surface area contributed by atoms with Gasteiger partial charge in [0.05, 0.1) is 38.6 Å². The molecule has 2 aliphatic heterocycles. The fourth-order valence-electron chi connectivity index (χ4n) is 10.8. The molecule has 6 N–H and O–H groups in total. The number of hydrogen-bond acceptors (Lipinski definition) is 13. The van der Waals surface area contributed by atoms with Gasteiger partial charge in [0.1, 0.15) is 12.0 Å². The van der Waals surface area contributed by atoms with Gasteiger partial charge in [-0.15, -0.1) is 0 Å². The molecular weight excluding hydrogens is 1020 g/mol. The van der Waals surface area contributed by atoms with E-state index >= 15 is 0 Å². The number of hydrogen-bond donors (Lipinski definition) is 3. The number of aldehydes is 1. The van der Waals surface area contributed by atoms with Gasteiger partial charge in [-0.3, -0.25) is 14.4 Å². The summed E-state index contributed by atoms with van der Waals surface area (Å²) >= 11 is 13.0. The zero-order chi connectivity index (χ0) is 55.2. The Labute approximate surface area is 462 Å². The molecule has 1 aliphatic carbocycles. The highest BCUT2D eigenvalue weighted by Crippen LogP contribution is 2.56. The van der Waals surface area contributed by atoms with Gasteiger partial charge in [0.15, 0.2) is 0 Å². The summed E-state index contributed by atoms with van der Waals surface area (Å²) in [5.41, 5.74) is 15.2. The number of carbonyl (C=O) groups excluding carboxylic acids is 5. The van der Waals surface area contributed by atoms with Crippen LogP contribution in [0.5, 0.6) is 5.75 Å². The number of carbonyl (C=O) groups is 5. The number of halogens is 2. The number of methoxy groups -OCH3 is 4. The standard InChI is InChI=1S/C30H30ClN3O4.C21H28ClNO2.C9H9NO3.H3N/c1-5-34-26-15-14-23(37-3)18-24(26)30(2,19-22-8-6-7-9-25(22)31)27(34)16-17-32-33-28(35)20-10-12-21(13-11-20)29(36)38-4;1-4-23-19-10-9-16(25-3)13-17(19)21(2,20(23)11-12-24)14-15-7-5-6-8-18(15)22;1-13-9(12)7-4-2-6(3-5-7)8(10)11;/h6-18H,5,19H2,1-4H3,(H,33,35);5-8,11-12,16-17,19H,4,9-10,13-14H2,1-3H3;2-5H,1H3,(H2,10,11);1H3/b27-16-,32-17+;20-11-;;. The summed E-state index contributed by atoms with van der Waals surface area (Å²) in [6.45, 7) is 10.4. The Morgan fingerprint density at radius 1 is 0.727 bits per heavy atom. The van der Waals surface area contributed by atoms with E-state index in [4.69, 9.17) is 43.1 Å². The third-order valence-electron chi connectivity index (χ3n) is 14.7. The number of nitrogens with one attached hydrogen (secondary N) is 1. The van der Waals surface area contributed by atoms with Gasteiger partial charge in [-0.2, -0.15) is 5.10 Å². The highest BCUT2D eigenvalue weighted by atomic mass is 35.5. The third-order valence-corrected chi connectivity index (χ3v) is 15.4. The molecule has 77 heavy (non-hydrogen) atoms. The van der Waals surface area contributed by atoms with Crippen LogP contribution in [0.2, 0.25) is 10.0 Å². The van der Waals surface area contributed by atoms with Crippen molar-refractivity contribution in [1.82, 2.24) is 16.5 Å². The normalized spacial score (nSPS) is 21.1. The van der Waals surface area contributed by atoms with Crippen LogP contribution in [0, 0.1) is 11.3 Å². The summed E-state index contributed by atoms with van der Waals surface area (Å²) in [6.07, 6.45) is 11.3. The quantitative estimate of drug-likeness (QED) is 0.0294. The molecule has 408 valence electrons. The lowest BCUT2D eigenvalue weighted by Gasteiger charge is -2.39. The molecule has 2 fully saturated rings. The number of primary amides is 1. The van der Waals surface area contributed by atoms with Gasteiger partial charge in [0.2, 0.25) is 5.91 Å². The number of anilines is 1. The lowest BCUT2D eigenvalue weighted by molar-refractivity contribution is -0.104. The number of nitrogens with two attached hydrogens (primary N) is 1. The molecule has 1 saturated carbocycles. The summed E-state index contributed by atoms with van der Waals surface area (Å²) < 4.78 is 20.4. The van der Waals surface area contributed by atoms with Crippen LogP contribution in [0.4, 0.5) is 5.69 Å². The first kappa shape index (κ1) is 60.6. The van der Waals surface area contributed by atoms with E-state index in [1.54, 1.807) is 31.5 Å². The number of nitrogens with zero attached hydrogens (tertiary/aromatic N) is 3. The number of benzene rings is 5. The molecule has 3 aliphatic rings. The van der Waals surface area contributed by atoms with Gasteiger partial charge in [-0.05, 0) is 166 Å². The molecule has 2 heterocycles. The number of likely N-dealkylation sites (N-methyl/N-ethyl adjacent to an activating group) is 1. The predicted molar refractivity (Wildman–Crippen MR) is 303 cm³/mol. The van der Waals surface area contributed by atoms with Crippen LogP contribution in [-0.2, 0) is 37.3 Å². The van der Waals surface area contributed by atoms with Crippen LogP contribution in [-0.4, -0.2) is 94.8 Å². The van der Waals surface area contributed by atoms with E-state index in [-0.39, 0.29) is 17.5 Å². The summed E-state index contributed by atoms with van der Waals surface area (Å²) in [5.74, 6) is -0.551. The Hall–Kier alpha value is -7.30. The van der Waals surface area contributed by atoms with Crippen molar-refractivity contribution in [3.05, 3.63) is 188 Å². The summed E-state index contributed by atoms with van der Waals surface area (Å²) in [5, 5.41) is 5.69. The first-order valence-corrected chi connectivity index (χ1v) is 25.9. The van der Waals surface area contributed by atoms with E-state index in [2.05, 4.69) is 71.0 Å². The van der Waals surface area contributed by atoms with E-state index in [9.17, 15) is 24.0 Å². The Morgan fingerprint density at radius 3 is 1.79 bits per heavy atom. The van der Waals surface area contributed by atoms with Crippen LogP contribution < -0.4 is 26.9 Å². The van der Waals surface area contributed by atoms with Gasteiger partial charge in [-0.1, -0.05) is 66.5 Å². The molecule has 17 heteroatoms. The van der Waals surface area contributed by atoms with Crippen LogP contribution in [0.15, 0.2) is 144 Å². The van der Waals surface area contributed by atoms with Gasteiger partial charge in [0.25, 0.3) is 5.91 Å². The number of fused-ring (bicyclic) bond motifs is 2. The molecule has 2 amide bonds. The molecule has 5 aromatic rings. The van der Waals surface area contributed by atoms with Gasteiger partial charge >= 0.3 is 11.9 Å². The zero-order valence-corrected chi connectivity index (χ0v) is 46.5. The second-order valence-electron chi connectivity index (χ2n) is 19.0. The highest BCUT2D eigenvalue weighted by Gasteiger charge is 2.54. The number of esters is 2. The minimum absolute atomic E-state index is 0. The second-order valence-corrected chi connectivity index (χ2v) is 19.8. The van der Waals surface area contributed by atoms with E-state index in [0.717, 1.165) is 89.6 Å². The van der Waals surface area contributed by atoms with Crippen molar-refractivity contribution >= 4 is 65.1 Å². The molecular formula is C60H70Cl2N6O9. The monoisotopic (exact) mass is 1090 g/mol. The fourth-order valence-corrected chi connectivity index (χ4v) is 11.2. The Bertz CT molecular complexity index is 2970.